The number of hydrogen-bond acceptors (Lipinski definition) is 4. The van der Waals surface area contributed by atoms with Gasteiger partial charge >= 0.3 is 0 Å². The number of hydrazine groups is 1. The van der Waals surface area contributed by atoms with E-state index in [1.165, 1.54) is 0 Å². The molecule has 0 amide bonds. The SMILES string of the molecule is C=NN1CC(NC)CN1. The zero-order chi connectivity index (χ0) is 6.69. The molecule has 1 aliphatic rings. The first kappa shape index (κ1) is 6.51. The van der Waals surface area contributed by atoms with E-state index in [0.29, 0.717) is 6.04 Å². The van der Waals surface area contributed by atoms with Crippen molar-refractivity contribution in [3.05, 3.63) is 0 Å². The van der Waals surface area contributed by atoms with Gasteiger partial charge in [0, 0.05) is 19.3 Å². The molecule has 0 bridgehead atoms. The summed E-state index contributed by atoms with van der Waals surface area (Å²) in [6.45, 7) is 5.24. The van der Waals surface area contributed by atoms with Crippen LogP contribution < -0.4 is 10.7 Å². The molecule has 2 N–H and O–H groups in total. The molecule has 0 aromatic carbocycles. The van der Waals surface area contributed by atoms with E-state index in [1.807, 2.05) is 7.05 Å². The van der Waals surface area contributed by atoms with Crippen LogP contribution in [0.25, 0.3) is 0 Å². The Morgan fingerprint density at radius 1 is 1.89 bits per heavy atom. The maximum atomic E-state index is 3.72. The number of rotatable bonds is 2. The first-order chi connectivity index (χ1) is 4.36. The fraction of sp³-hybridized carbons (Fsp3) is 0.800. The van der Waals surface area contributed by atoms with E-state index in [0.717, 1.165) is 13.1 Å². The van der Waals surface area contributed by atoms with Crippen molar-refractivity contribution in [3.8, 4) is 0 Å². The standard InChI is InChI=1S/C5H12N4/c1-6-5-3-8-9(4-5)7-2/h5-6,8H,2-4H2,1H3. The minimum absolute atomic E-state index is 0.510. The van der Waals surface area contributed by atoms with Crippen molar-refractivity contribution < 1.29 is 0 Å². The summed E-state index contributed by atoms with van der Waals surface area (Å²) in [6.07, 6.45) is 0. The highest BCUT2D eigenvalue weighted by Gasteiger charge is 2.17. The summed E-state index contributed by atoms with van der Waals surface area (Å²) >= 11 is 0. The maximum Gasteiger partial charge on any atom is 0.0699 e. The minimum atomic E-state index is 0.510. The summed E-state index contributed by atoms with van der Waals surface area (Å²) in [7, 11) is 1.94. The van der Waals surface area contributed by atoms with Crippen molar-refractivity contribution >= 4 is 6.72 Å². The molecule has 1 rings (SSSR count). The molecule has 4 nitrogen and oxygen atoms in total. The van der Waals surface area contributed by atoms with E-state index >= 15 is 0 Å². The monoisotopic (exact) mass is 128 g/mol. The van der Waals surface area contributed by atoms with E-state index in [-0.39, 0.29) is 0 Å². The Labute approximate surface area is 54.9 Å². The quantitative estimate of drug-likeness (QED) is 0.469. The van der Waals surface area contributed by atoms with Crippen molar-refractivity contribution in [2.24, 2.45) is 5.10 Å². The number of nitrogens with one attached hydrogen (secondary N) is 2. The van der Waals surface area contributed by atoms with Crippen LogP contribution in [-0.4, -0.2) is 38.0 Å². The lowest BCUT2D eigenvalue weighted by Gasteiger charge is -2.08. The van der Waals surface area contributed by atoms with Crippen molar-refractivity contribution in [1.29, 1.82) is 0 Å². The van der Waals surface area contributed by atoms with Crippen molar-refractivity contribution in [3.63, 3.8) is 0 Å². The van der Waals surface area contributed by atoms with Gasteiger partial charge in [-0.15, -0.1) is 0 Å². The number of hydrazone groups is 1. The lowest BCUT2D eigenvalue weighted by Crippen LogP contribution is -2.29. The van der Waals surface area contributed by atoms with Gasteiger partial charge in [-0.1, -0.05) is 0 Å². The van der Waals surface area contributed by atoms with Crippen LogP contribution in [0.5, 0.6) is 0 Å². The Bertz CT molecular complexity index is 103. The summed E-state index contributed by atoms with van der Waals surface area (Å²) in [5.74, 6) is 0. The molecule has 0 saturated carbocycles. The third-order valence-electron chi connectivity index (χ3n) is 1.49. The fourth-order valence-corrected chi connectivity index (χ4v) is 0.855. The molecule has 1 aliphatic heterocycles. The molecular formula is C5H12N4. The Balaban J connectivity index is 2.28. The highest BCUT2D eigenvalue weighted by atomic mass is 15.7. The van der Waals surface area contributed by atoms with Gasteiger partial charge in [-0.3, -0.25) is 0 Å². The smallest absolute Gasteiger partial charge is 0.0699 e. The third-order valence-corrected chi connectivity index (χ3v) is 1.49. The number of likely N-dealkylation sites (N-methyl/N-ethyl adjacent to an activating group) is 1. The van der Waals surface area contributed by atoms with Crippen molar-refractivity contribution in [2.45, 2.75) is 6.04 Å². The van der Waals surface area contributed by atoms with Crippen LogP contribution in [0.3, 0.4) is 0 Å². The van der Waals surface area contributed by atoms with Gasteiger partial charge in [0.1, 0.15) is 0 Å². The van der Waals surface area contributed by atoms with Gasteiger partial charge in [0.15, 0.2) is 0 Å². The van der Waals surface area contributed by atoms with Gasteiger partial charge in [-0.05, 0) is 7.05 Å². The first-order valence-electron chi connectivity index (χ1n) is 3.01. The molecule has 0 aromatic heterocycles. The molecule has 1 unspecified atom stereocenters. The molecule has 1 saturated heterocycles. The second-order valence-corrected chi connectivity index (χ2v) is 2.07. The Morgan fingerprint density at radius 2 is 2.67 bits per heavy atom. The molecule has 1 heterocycles. The molecule has 4 heteroatoms. The van der Waals surface area contributed by atoms with E-state index < -0.39 is 0 Å². The van der Waals surface area contributed by atoms with Crippen molar-refractivity contribution in [1.82, 2.24) is 15.9 Å². The summed E-state index contributed by atoms with van der Waals surface area (Å²) < 4.78 is 0. The molecule has 0 aliphatic carbocycles. The van der Waals surface area contributed by atoms with E-state index in [2.05, 4.69) is 22.6 Å². The van der Waals surface area contributed by atoms with Crippen LogP contribution in [0, 0.1) is 0 Å². The first-order valence-corrected chi connectivity index (χ1v) is 3.01. The third kappa shape index (κ3) is 1.40. The summed E-state index contributed by atoms with van der Waals surface area (Å²) in [5, 5.41) is 8.59. The molecule has 1 atom stereocenters. The molecule has 0 spiro atoms. The second-order valence-electron chi connectivity index (χ2n) is 2.07. The van der Waals surface area contributed by atoms with Crippen LogP contribution in [0.2, 0.25) is 0 Å². The normalized spacial score (nSPS) is 26.8. The highest BCUT2D eigenvalue weighted by molar-refractivity contribution is 5.22. The van der Waals surface area contributed by atoms with Crippen LogP contribution in [0.15, 0.2) is 5.10 Å². The van der Waals surface area contributed by atoms with E-state index in [1.54, 1.807) is 5.12 Å². The minimum Gasteiger partial charge on any atom is -0.314 e. The molecule has 0 aromatic rings. The summed E-state index contributed by atoms with van der Waals surface area (Å²) in [6, 6.07) is 0.510. The van der Waals surface area contributed by atoms with E-state index in [9.17, 15) is 0 Å². The second kappa shape index (κ2) is 2.80. The summed E-state index contributed by atoms with van der Waals surface area (Å²) in [4.78, 5) is 0. The van der Waals surface area contributed by atoms with Crippen LogP contribution in [-0.2, 0) is 0 Å². The van der Waals surface area contributed by atoms with Crippen LogP contribution in [0.4, 0.5) is 0 Å². The van der Waals surface area contributed by atoms with Gasteiger partial charge in [-0.2, -0.15) is 5.10 Å². The topological polar surface area (TPSA) is 39.7 Å². The Hall–Kier alpha value is -0.610. The molecular weight excluding hydrogens is 116 g/mol. The number of nitrogens with zero attached hydrogens (tertiary/aromatic N) is 2. The predicted octanol–water partition coefficient (Wildman–Crippen LogP) is -0.990. The van der Waals surface area contributed by atoms with Crippen molar-refractivity contribution in [2.75, 3.05) is 20.1 Å². The van der Waals surface area contributed by atoms with Gasteiger partial charge in [0.05, 0.1) is 6.54 Å². The fourth-order valence-electron chi connectivity index (χ4n) is 0.855. The van der Waals surface area contributed by atoms with Gasteiger partial charge in [0.2, 0.25) is 0 Å². The Kier molecular flexibility index (Phi) is 2.02. The largest absolute Gasteiger partial charge is 0.314 e. The van der Waals surface area contributed by atoms with Crippen LogP contribution >= 0.6 is 0 Å². The molecule has 9 heavy (non-hydrogen) atoms. The zero-order valence-electron chi connectivity index (χ0n) is 5.59. The van der Waals surface area contributed by atoms with Crippen LogP contribution in [0.1, 0.15) is 0 Å². The average molecular weight is 128 g/mol. The molecule has 52 valence electrons. The maximum absolute atomic E-state index is 3.72. The van der Waals surface area contributed by atoms with E-state index in [4.69, 9.17) is 0 Å². The highest BCUT2D eigenvalue weighted by Crippen LogP contribution is 1.95. The van der Waals surface area contributed by atoms with Gasteiger partial charge in [0.25, 0.3) is 0 Å². The zero-order valence-corrected chi connectivity index (χ0v) is 5.59. The summed E-state index contributed by atoms with van der Waals surface area (Å²) in [5.41, 5.74) is 3.05. The lowest BCUT2D eigenvalue weighted by molar-refractivity contribution is 0.267. The molecule has 0 radical (unpaired) electrons. The molecule has 1 fully saturated rings. The van der Waals surface area contributed by atoms with Gasteiger partial charge < -0.3 is 5.32 Å². The number of hydrogen-bond donors (Lipinski definition) is 2. The Morgan fingerprint density at radius 3 is 3.00 bits per heavy atom. The lowest BCUT2D eigenvalue weighted by atomic mass is 10.3. The average Bonchev–Trinajstić information content (AvgIpc) is 2.34. The predicted molar refractivity (Wildman–Crippen MR) is 37.1 cm³/mol. The van der Waals surface area contributed by atoms with Gasteiger partial charge in [-0.25, -0.2) is 10.5 Å².